The van der Waals surface area contributed by atoms with Gasteiger partial charge in [0, 0.05) is 11.9 Å². The van der Waals surface area contributed by atoms with Crippen LogP contribution in [-0.4, -0.2) is 27.4 Å². The SMILES string of the molecule is CCCc1nnsc1C(=O)NCC1CCC(Cl)C1. The fraction of sp³-hybridized carbons (Fsp3) is 0.750. The molecule has 1 saturated carbocycles. The number of aromatic nitrogens is 2. The van der Waals surface area contributed by atoms with E-state index in [-0.39, 0.29) is 11.3 Å². The summed E-state index contributed by atoms with van der Waals surface area (Å²) in [5.74, 6) is 0.485. The highest BCUT2D eigenvalue weighted by molar-refractivity contribution is 7.08. The van der Waals surface area contributed by atoms with Crippen molar-refractivity contribution in [2.24, 2.45) is 5.92 Å². The molecule has 1 amide bonds. The number of aryl methyl sites for hydroxylation is 1. The standard InChI is InChI=1S/C12H18ClN3OS/c1-2-3-10-11(18-16-15-10)12(17)14-7-8-4-5-9(13)6-8/h8-9H,2-7H2,1H3,(H,14,17). The van der Waals surface area contributed by atoms with Gasteiger partial charge in [-0.15, -0.1) is 16.7 Å². The van der Waals surface area contributed by atoms with Crippen LogP contribution in [0.25, 0.3) is 0 Å². The maximum Gasteiger partial charge on any atom is 0.264 e. The summed E-state index contributed by atoms with van der Waals surface area (Å²) in [5.41, 5.74) is 0.821. The summed E-state index contributed by atoms with van der Waals surface area (Å²) in [4.78, 5) is 12.7. The van der Waals surface area contributed by atoms with Crippen molar-refractivity contribution in [2.75, 3.05) is 6.54 Å². The number of hydrogen-bond donors (Lipinski definition) is 1. The van der Waals surface area contributed by atoms with Gasteiger partial charge in [-0.05, 0) is 43.1 Å². The normalized spacial score (nSPS) is 23.2. The van der Waals surface area contributed by atoms with E-state index < -0.39 is 0 Å². The minimum atomic E-state index is -0.0357. The molecule has 1 heterocycles. The molecule has 1 aromatic heterocycles. The van der Waals surface area contributed by atoms with Gasteiger partial charge in [-0.1, -0.05) is 17.8 Å². The molecule has 100 valence electrons. The first kappa shape index (κ1) is 13.7. The molecular weight excluding hydrogens is 270 g/mol. The minimum Gasteiger partial charge on any atom is -0.351 e. The lowest BCUT2D eigenvalue weighted by molar-refractivity contribution is 0.0950. The summed E-state index contributed by atoms with van der Waals surface area (Å²) in [7, 11) is 0. The van der Waals surface area contributed by atoms with E-state index in [1.54, 1.807) is 0 Å². The molecule has 0 bridgehead atoms. The van der Waals surface area contributed by atoms with Crippen LogP contribution in [0.2, 0.25) is 0 Å². The van der Waals surface area contributed by atoms with Crippen molar-refractivity contribution in [1.82, 2.24) is 14.9 Å². The number of carbonyl (C=O) groups excluding carboxylic acids is 1. The van der Waals surface area contributed by atoms with Gasteiger partial charge in [-0.3, -0.25) is 4.79 Å². The van der Waals surface area contributed by atoms with Gasteiger partial charge in [-0.2, -0.15) is 0 Å². The van der Waals surface area contributed by atoms with Crippen molar-refractivity contribution in [1.29, 1.82) is 0 Å². The van der Waals surface area contributed by atoms with Crippen LogP contribution in [0.5, 0.6) is 0 Å². The number of nitrogens with zero attached hydrogens (tertiary/aromatic N) is 2. The molecule has 1 fully saturated rings. The second-order valence-corrected chi connectivity index (χ2v) is 6.16. The zero-order chi connectivity index (χ0) is 13.0. The third-order valence-electron chi connectivity index (χ3n) is 3.28. The zero-order valence-corrected chi connectivity index (χ0v) is 12.1. The Bertz CT molecular complexity index is 410. The van der Waals surface area contributed by atoms with E-state index in [0.29, 0.717) is 17.3 Å². The number of rotatable bonds is 5. The van der Waals surface area contributed by atoms with Crippen LogP contribution in [0.3, 0.4) is 0 Å². The number of halogens is 1. The predicted octanol–water partition coefficient (Wildman–Crippen LogP) is 2.63. The largest absolute Gasteiger partial charge is 0.351 e. The molecule has 0 saturated heterocycles. The summed E-state index contributed by atoms with van der Waals surface area (Å²) in [6, 6.07) is 0. The summed E-state index contributed by atoms with van der Waals surface area (Å²) in [6.45, 7) is 2.78. The van der Waals surface area contributed by atoms with Gasteiger partial charge in [0.15, 0.2) is 0 Å². The molecule has 1 aromatic rings. The number of carbonyl (C=O) groups is 1. The number of amides is 1. The molecule has 6 heteroatoms. The Hall–Kier alpha value is -0.680. The average molecular weight is 288 g/mol. The number of alkyl halides is 1. The van der Waals surface area contributed by atoms with Crippen LogP contribution in [-0.2, 0) is 6.42 Å². The molecule has 0 aliphatic heterocycles. The highest BCUT2D eigenvalue weighted by Gasteiger charge is 2.24. The average Bonchev–Trinajstić information content (AvgIpc) is 2.96. The lowest BCUT2D eigenvalue weighted by Gasteiger charge is -2.10. The van der Waals surface area contributed by atoms with Gasteiger partial charge in [0.05, 0.1) is 5.69 Å². The highest BCUT2D eigenvalue weighted by Crippen LogP contribution is 2.28. The Kier molecular flexibility index (Phi) is 4.95. The second kappa shape index (κ2) is 6.48. The Balaban J connectivity index is 1.85. The smallest absolute Gasteiger partial charge is 0.264 e. The van der Waals surface area contributed by atoms with E-state index in [4.69, 9.17) is 11.6 Å². The molecule has 1 aliphatic carbocycles. The first-order valence-electron chi connectivity index (χ1n) is 6.44. The van der Waals surface area contributed by atoms with E-state index in [1.165, 1.54) is 11.5 Å². The monoisotopic (exact) mass is 287 g/mol. The molecule has 2 unspecified atom stereocenters. The van der Waals surface area contributed by atoms with Gasteiger partial charge < -0.3 is 5.32 Å². The predicted molar refractivity (Wildman–Crippen MR) is 73.2 cm³/mol. The molecule has 1 aliphatic rings. The zero-order valence-electron chi connectivity index (χ0n) is 10.5. The van der Waals surface area contributed by atoms with Crippen LogP contribution in [0.15, 0.2) is 0 Å². The third-order valence-corrected chi connectivity index (χ3v) is 4.44. The summed E-state index contributed by atoms with van der Waals surface area (Å²) in [6.07, 6.45) is 4.96. The van der Waals surface area contributed by atoms with Crippen molar-refractivity contribution in [3.63, 3.8) is 0 Å². The van der Waals surface area contributed by atoms with E-state index in [9.17, 15) is 4.79 Å². The summed E-state index contributed by atoms with van der Waals surface area (Å²) < 4.78 is 3.86. The van der Waals surface area contributed by atoms with Crippen LogP contribution < -0.4 is 5.32 Å². The molecule has 4 nitrogen and oxygen atoms in total. The van der Waals surface area contributed by atoms with Gasteiger partial charge in [0.25, 0.3) is 5.91 Å². The topological polar surface area (TPSA) is 54.9 Å². The lowest BCUT2D eigenvalue weighted by atomic mass is 10.1. The van der Waals surface area contributed by atoms with E-state index in [0.717, 1.165) is 37.8 Å². The molecule has 1 N–H and O–H groups in total. The second-order valence-electron chi connectivity index (χ2n) is 4.79. The first-order chi connectivity index (χ1) is 8.70. The van der Waals surface area contributed by atoms with Crippen molar-refractivity contribution in [2.45, 2.75) is 44.4 Å². The van der Waals surface area contributed by atoms with Crippen molar-refractivity contribution < 1.29 is 4.79 Å². The molecule has 2 atom stereocenters. The van der Waals surface area contributed by atoms with Gasteiger partial charge in [-0.25, -0.2) is 0 Å². The van der Waals surface area contributed by atoms with Gasteiger partial charge >= 0.3 is 0 Å². The minimum absolute atomic E-state index is 0.0357. The van der Waals surface area contributed by atoms with E-state index >= 15 is 0 Å². The van der Waals surface area contributed by atoms with Crippen LogP contribution >= 0.6 is 23.1 Å². The number of hydrogen-bond acceptors (Lipinski definition) is 4. The fourth-order valence-electron chi connectivity index (χ4n) is 2.30. The quantitative estimate of drug-likeness (QED) is 0.847. The lowest BCUT2D eigenvalue weighted by Crippen LogP contribution is -2.28. The molecule has 0 spiro atoms. The summed E-state index contributed by atoms with van der Waals surface area (Å²) in [5, 5.41) is 7.27. The Morgan fingerprint density at radius 3 is 3.06 bits per heavy atom. The van der Waals surface area contributed by atoms with Gasteiger partial charge in [0.1, 0.15) is 4.88 Å². The summed E-state index contributed by atoms with van der Waals surface area (Å²) >= 11 is 7.24. The van der Waals surface area contributed by atoms with E-state index in [2.05, 4.69) is 21.8 Å². The van der Waals surface area contributed by atoms with E-state index in [1.807, 2.05) is 0 Å². The Morgan fingerprint density at radius 1 is 1.56 bits per heavy atom. The highest BCUT2D eigenvalue weighted by atomic mass is 35.5. The molecule has 18 heavy (non-hydrogen) atoms. The Morgan fingerprint density at radius 2 is 2.39 bits per heavy atom. The van der Waals surface area contributed by atoms with Crippen molar-refractivity contribution in [3.8, 4) is 0 Å². The van der Waals surface area contributed by atoms with Crippen molar-refractivity contribution in [3.05, 3.63) is 10.6 Å². The fourth-order valence-corrected chi connectivity index (χ4v) is 3.30. The molecule has 0 aromatic carbocycles. The first-order valence-corrected chi connectivity index (χ1v) is 7.65. The third kappa shape index (κ3) is 3.42. The maximum atomic E-state index is 12.0. The molecular formula is C12H18ClN3OS. The van der Waals surface area contributed by atoms with Crippen molar-refractivity contribution >= 4 is 29.0 Å². The van der Waals surface area contributed by atoms with Crippen LogP contribution in [0, 0.1) is 5.92 Å². The number of nitrogens with one attached hydrogen (secondary N) is 1. The van der Waals surface area contributed by atoms with Gasteiger partial charge in [0.2, 0.25) is 0 Å². The molecule has 2 rings (SSSR count). The van der Waals surface area contributed by atoms with Crippen LogP contribution in [0.1, 0.15) is 48.0 Å². The van der Waals surface area contributed by atoms with Crippen LogP contribution in [0.4, 0.5) is 0 Å². The maximum absolute atomic E-state index is 12.0. The molecule has 0 radical (unpaired) electrons. The Labute approximate surface area is 116 Å².